The molecule has 0 aliphatic heterocycles. The summed E-state index contributed by atoms with van der Waals surface area (Å²) in [5, 5.41) is 5.37. The molecule has 1 amide bonds. The normalized spacial score (nSPS) is 11.1. The van der Waals surface area contributed by atoms with Crippen LogP contribution in [0.1, 0.15) is 21.6 Å². The molecular formula is C23H23N3O2. The molecule has 0 spiro atoms. The molecule has 28 heavy (non-hydrogen) atoms. The number of hydrogen-bond acceptors (Lipinski definition) is 3. The molecule has 5 nitrogen and oxygen atoms in total. The van der Waals surface area contributed by atoms with Crippen LogP contribution in [-0.4, -0.2) is 29.1 Å². The number of para-hydroxylation sites is 2. The van der Waals surface area contributed by atoms with Crippen LogP contribution >= 0.6 is 0 Å². The first-order chi connectivity index (χ1) is 13.6. The predicted octanol–water partition coefficient (Wildman–Crippen LogP) is 4.24. The molecule has 2 heterocycles. The Bertz CT molecular complexity index is 1180. The van der Waals surface area contributed by atoms with Crippen molar-refractivity contribution in [2.45, 2.75) is 20.4 Å². The lowest BCUT2D eigenvalue weighted by molar-refractivity contribution is 0.0949. The summed E-state index contributed by atoms with van der Waals surface area (Å²) in [6.45, 7) is 5.27. The minimum Gasteiger partial charge on any atom is -0.496 e. The Morgan fingerprint density at radius 3 is 2.68 bits per heavy atom. The third kappa shape index (κ3) is 3.09. The second-order valence-corrected chi connectivity index (χ2v) is 6.90. The highest BCUT2D eigenvalue weighted by atomic mass is 16.5. The zero-order valence-electron chi connectivity index (χ0n) is 16.3. The summed E-state index contributed by atoms with van der Waals surface area (Å²) in [5.41, 5.74) is 4.84. The summed E-state index contributed by atoms with van der Waals surface area (Å²) in [4.78, 5) is 17.4. The summed E-state index contributed by atoms with van der Waals surface area (Å²) >= 11 is 0. The first-order valence-electron chi connectivity index (χ1n) is 9.36. The van der Waals surface area contributed by atoms with Crippen LogP contribution in [0.25, 0.3) is 21.9 Å². The van der Waals surface area contributed by atoms with Gasteiger partial charge in [0, 0.05) is 29.6 Å². The van der Waals surface area contributed by atoms with Crippen LogP contribution in [0.15, 0.2) is 54.6 Å². The van der Waals surface area contributed by atoms with Gasteiger partial charge in [-0.05, 0) is 43.7 Å². The van der Waals surface area contributed by atoms with Crippen molar-refractivity contribution >= 4 is 27.8 Å². The van der Waals surface area contributed by atoms with Crippen LogP contribution in [0.3, 0.4) is 0 Å². The Labute approximate surface area is 164 Å². The third-order valence-electron chi connectivity index (χ3n) is 5.02. The second-order valence-electron chi connectivity index (χ2n) is 6.90. The van der Waals surface area contributed by atoms with E-state index in [9.17, 15) is 4.79 Å². The van der Waals surface area contributed by atoms with E-state index in [1.165, 1.54) is 16.3 Å². The van der Waals surface area contributed by atoms with Gasteiger partial charge in [0.2, 0.25) is 0 Å². The molecule has 0 bridgehead atoms. The maximum absolute atomic E-state index is 12.6. The molecular weight excluding hydrogens is 350 g/mol. The molecule has 4 rings (SSSR count). The number of aromatic nitrogens is 2. The quantitative estimate of drug-likeness (QED) is 0.569. The SMILES string of the molecule is COc1ccccc1C(=O)NCCn1c2ccccc2c2c(C)cc(C)nc21. The summed E-state index contributed by atoms with van der Waals surface area (Å²) in [7, 11) is 1.57. The molecule has 0 aliphatic carbocycles. The lowest BCUT2D eigenvalue weighted by atomic mass is 10.1. The topological polar surface area (TPSA) is 56.1 Å². The fraction of sp³-hybridized carbons (Fsp3) is 0.217. The van der Waals surface area contributed by atoms with Crippen LogP contribution in [0, 0.1) is 13.8 Å². The Morgan fingerprint density at radius 2 is 1.86 bits per heavy atom. The van der Waals surface area contributed by atoms with Gasteiger partial charge in [-0.25, -0.2) is 4.98 Å². The van der Waals surface area contributed by atoms with E-state index < -0.39 is 0 Å². The molecule has 5 heteroatoms. The van der Waals surface area contributed by atoms with E-state index in [0.29, 0.717) is 24.4 Å². The predicted molar refractivity (Wildman–Crippen MR) is 112 cm³/mol. The zero-order chi connectivity index (χ0) is 19.7. The van der Waals surface area contributed by atoms with Crippen LogP contribution in [0.2, 0.25) is 0 Å². The van der Waals surface area contributed by atoms with E-state index in [0.717, 1.165) is 16.9 Å². The number of fused-ring (bicyclic) bond motifs is 3. The molecule has 0 fully saturated rings. The molecule has 0 aliphatic rings. The van der Waals surface area contributed by atoms with Gasteiger partial charge in [0.05, 0.1) is 18.2 Å². The standard InChI is InChI=1S/C23H23N3O2/c1-15-14-16(2)25-22-21(15)17-8-4-6-10-19(17)26(22)13-12-24-23(27)18-9-5-7-11-20(18)28-3/h4-11,14H,12-13H2,1-3H3,(H,24,27). The van der Waals surface area contributed by atoms with Crippen molar-refractivity contribution in [3.05, 3.63) is 71.4 Å². The molecule has 0 radical (unpaired) electrons. The number of pyridine rings is 1. The van der Waals surface area contributed by atoms with E-state index in [4.69, 9.17) is 9.72 Å². The largest absolute Gasteiger partial charge is 0.496 e. The second kappa shape index (κ2) is 7.35. The third-order valence-corrected chi connectivity index (χ3v) is 5.02. The number of nitrogens with zero attached hydrogens (tertiary/aromatic N) is 2. The van der Waals surface area contributed by atoms with E-state index in [1.54, 1.807) is 19.2 Å². The van der Waals surface area contributed by atoms with E-state index in [1.807, 2.05) is 25.1 Å². The molecule has 0 saturated heterocycles. The van der Waals surface area contributed by atoms with Gasteiger partial charge in [-0.2, -0.15) is 0 Å². The summed E-state index contributed by atoms with van der Waals surface area (Å²) < 4.78 is 7.47. The number of carbonyl (C=O) groups is 1. The molecule has 2 aromatic heterocycles. The Morgan fingerprint density at radius 1 is 1.11 bits per heavy atom. The van der Waals surface area contributed by atoms with Crippen LogP contribution in [0.5, 0.6) is 5.75 Å². The molecule has 2 aromatic carbocycles. The van der Waals surface area contributed by atoms with E-state index >= 15 is 0 Å². The highest BCUT2D eigenvalue weighted by Crippen LogP contribution is 2.30. The van der Waals surface area contributed by atoms with Crippen molar-refractivity contribution in [2.75, 3.05) is 13.7 Å². The van der Waals surface area contributed by atoms with E-state index in [-0.39, 0.29) is 5.91 Å². The number of nitrogens with one attached hydrogen (secondary N) is 1. The summed E-state index contributed by atoms with van der Waals surface area (Å²) in [6.07, 6.45) is 0. The van der Waals surface area contributed by atoms with Gasteiger partial charge in [-0.15, -0.1) is 0 Å². The number of carbonyl (C=O) groups excluding carboxylic acids is 1. The van der Waals surface area contributed by atoms with E-state index in [2.05, 4.69) is 41.1 Å². The number of rotatable bonds is 5. The van der Waals surface area contributed by atoms with Gasteiger partial charge >= 0.3 is 0 Å². The van der Waals surface area contributed by atoms with Gasteiger partial charge in [-0.1, -0.05) is 30.3 Å². The Balaban J connectivity index is 1.64. The number of ether oxygens (including phenoxy) is 1. The minimum atomic E-state index is -0.140. The zero-order valence-corrected chi connectivity index (χ0v) is 16.3. The van der Waals surface area contributed by atoms with Gasteiger partial charge in [0.1, 0.15) is 11.4 Å². The van der Waals surface area contributed by atoms with Crippen molar-refractivity contribution in [3.8, 4) is 5.75 Å². The average molecular weight is 373 g/mol. The smallest absolute Gasteiger partial charge is 0.255 e. The van der Waals surface area contributed by atoms with Gasteiger partial charge < -0.3 is 14.6 Å². The first-order valence-corrected chi connectivity index (χ1v) is 9.36. The molecule has 142 valence electrons. The monoisotopic (exact) mass is 373 g/mol. The van der Waals surface area contributed by atoms with Crippen molar-refractivity contribution in [3.63, 3.8) is 0 Å². The van der Waals surface area contributed by atoms with Gasteiger partial charge in [0.25, 0.3) is 5.91 Å². The molecule has 4 aromatic rings. The maximum atomic E-state index is 12.6. The van der Waals surface area contributed by atoms with Crippen molar-refractivity contribution in [1.29, 1.82) is 0 Å². The highest BCUT2D eigenvalue weighted by Gasteiger charge is 2.15. The number of aryl methyl sites for hydroxylation is 2. The highest BCUT2D eigenvalue weighted by molar-refractivity contribution is 6.08. The lowest BCUT2D eigenvalue weighted by Crippen LogP contribution is -2.27. The fourth-order valence-electron chi connectivity index (χ4n) is 3.81. The lowest BCUT2D eigenvalue weighted by Gasteiger charge is -2.11. The number of amides is 1. The van der Waals surface area contributed by atoms with Crippen LogP contribution in [-0.2, 0) is 6.54 Å². The minimum absolute atomic E-state index is 0.140. The Hall–Kier alpha value is -3.34. The van der Waals surface area contributed by atoms with Gasteiger partial charge in [0.15, 0.2) is 0 Å². The van der Waals surface area contributed by atoms with Crippen LogP contribution < -0.4 is 10.1 Å². The average Bonchev–Trinajstić information content (AvgIpc) is 3.01. The molecule has 1 N–H and O–H groups in total. The van der Waals surface area contributed by atoms with Crippen LogP contribution in [0.4, 0.5) is 0 Å². The Kier molecular flexibility index (Phi) is 4.74. The fourth-order valence-corrected chi connectivity index (χ4v) is 3.81. The van der Waals surface area contributed by atoms with Crippen molar-refractivity contribution in [1.82, 2.24) is 14.9 Å². The number of hydrogen-bond donors (Lipinski definition) is 1. The van der Waals surface area contributed by atoms with Crippen molar-refractivity contribution in [2.24, 2.45) is 0 Å². The summed E-state index contributed by atoms with van der Waals surface area (Å²) in [5.74, 6) is 0.434. The molecule has 0 atom stereocenters. The maximum Gasteiger partial charge on any atom is 0.255 e. The first kappa shape index (κ1) is 18.0. The van der Waals surface area contributed by atoms with Crippen molar-refractivity contribution < 1.29 is 9.53 Å². The molecule has 0 unspecified atom stereocenters. The van der Waals surface area contributed by atoms with Gasteiger partial charge in [-0.3, -0.25) is 4.79 Å². The summed E-state index contributed by atoms with van der Waals surface area (Å²) in [6, 6.07) is 17.7. The number of benzene rings is 2. The number of methoxy groups -OCH3 is 1. The molecule has 0 saturated carbocycles.